The van der Waals surface area contributed by atoms with E-state index in [1.54, 1.807) is 0 Å². The van der Waals surface area contributed by atoms with E-state index in [0.29, 0.717) is 5.56 Å². The summed E-state index contributed by atoms with van der Waals surface area (Å²) in [5.74, 6) is -3.69. The SMILES string of the molecule is COc1cc(C=CC(=O)OCC2OC(OC3C(Oc4c(-c5ccc(OC6OCC(OC7OC(C)C(O)C(O)C7O)C(O)C6O)cc5)oc5cc(O)cc(O)c5c4=O)OC(C)C(O)C3O)C(OC3OC(CO)C(O)C(O)C3O)C(O)C2O)ccc1O. The fourth-order valence-electron chi connectivity index (χ4n) is 9.99. The Morgan fingerprint density at radius 1 is 0.600 bits per heavy atom. The molecule has 3 aromatic carbocycles. The normalized spacial score (nSPS) is 38.0. The molecule has 0 bridgehead atoms. The van der Waals surface area contributed by atoms with Gasteiger partial charge in [0, 0.05) is 23.8 Å². The Morgan fingerprint density at radius 3 is 1.87 bits per heavy atom. The molecule has 31 heteroatoms. The van der Waals surface area contributed by atoms with Crippen LogP contribution >= 0.6 is 0 Å². The molecule has 24 atom stereocenters. The van der Waals surface area contributed by atoms with Gasteiger partial charge in [-0.05, 0) is 61.9 Å². The minimum atomic E-state index is -2.19. The van der Waals surface area contributed by atoms with Crippen LogP contribution in [0, 0.1) is 0 Å². The molecule has 1 aromatic heterocycles. The van der Waals surface area contributed by atoms with Crippen LogP contribution in [0.15, 0.2) is 69.9 Å². The summed E-state index contributed by atoms with van der Waals surface area (Å²) in [6.45, 7) is 0.521. The largest absolute Gasteiger partial charge is 0.508 e. The van der Waals surface area contributed by atoms with Crippen molar-refractivity contribution >= 4 is 23.0 Å². The van der Waals surface area contributed by atoms with Crippen molar-refractivity contribution in [3.63, 3.8) is 0 Å². The third-order valence-electron chi connectivity index (χ3n) is 14.9. The predicted molar refractivity (Wildman–Crippen MR) is 277 cm³/mol. The van der Waals surface area contributed by atoms with Gasteiger partial charge in [0.25, 0.3) is 0 Å². The lowest BCUT2D eigenvalue weighted by Gasteiger charge is -2.48. The number of hydrogen-bond acceptors (Lipinski definition) is 31. The number of phenols is 3. The van der Waals surface area contributed by atoms with Crippen molar-refractivity contribution in [3.8, 4) is 45.8 Å². The highest BCUT2D eigenvalue weighted by Crippen LogP contribution is 2.40. The first kappa shape index (κ1) is 63.5. The minimum absolute atomic E-state index is 0.00646. The smallest absolute Gasteiger partial charge is 0.330 e. The number of carbonyl (C=O) groups is 1. The highest BCUT2D eigenvalue weighted by atomic mass is 16.8. The summed E-state index contributed by atoms with van der Waals surface area (Å²) in [6.07, 6.45) is -40.7. The molecule has 0 amide bonds. The number of aliphatic hydroxyl groups is 13. The molecule has 5 saturated heterocycles. The van der Waals surface area contributed by atoms with Crippen LogP contribution in [0.5, 0.6) is 34.5 Å². The molecule has 24 unspecified atom stereocenters. The van der Waals surface area contributed by atoms with Gasteiger partial charge in [0.1, 0.15) is 132 Å². The predicted octanol–water partition coefficient (Wildman–Crippen LogP) is -4.63. The summed E-state index contributed by atoms with van der Waals surface area (Å²) in [4.78, 5) is 27.6. The summed E-state index contributed by atoms with van der Waals surface area (Å²) in [6, 6.07) is 11.2. The number of ether oxygens (including phenoxy) is 12. The maximum Gasteiger partial charge on any atom is 0.330 e. The van der Waals surface area contributed by atoms with Gasteiger partial charge in [-0.25, -0.2) is 4.79 Å². The first-order chi connectivity index (χ1) is 40.4. The van der Waals surface area contributed by atoms with Gasteiger partial charge in [-0.1, -0.05) is 6.07 Å². The molecule has 0 saturated carbocycles. The van der Waals surface area contributed by atoms with E-state index < -0.39 is 207 Å². The van der Waals surface area contributed by atoms with Crippen LogP contribution in [0.25, 0.3) is 28.4 Å². The van der Waals surface area contributed by atoms with Crippen molar-refractivity contribution in [2.24, 2.45) is 0 Å². The third-order valence-corrected chi connectivity index (χ3v) is 14.9. The molecule has 0 radical (unpaired) electrons. The highest BCUT2D eigenvalue weighted by Gasteiger charge is 2.55. The fraction of sp³-hybridized carbons (Fsp3) is 0.556. The lowest BCUT2D eigenvalue weighted by Crippen LogP contribution is -2.67. The van der Waals surface area contributed by atoms with Crippen molar-refractivity contribution in [1.82, 2.24) is 0 Å². The summed E-state index contributed by atoms with van der Waals surface area (Å²) >= 11 is 0. The number of phenolic OH excluding ortho intramolecular Hbond substituents is 3. The third kappa shape index (κ3) is 13.3. The van der Waals surface area contributed by atoms with Crippen LogP contribution in [0.1, 0.15) is 19.4 Å². The zero-order valence-corrected chi connectivity index (χ0v) is 45.1. The molecule has 4 aromatic rings. The van der Waals surface area contributed by atoms with Crippen molar-refractivity contribution in [2.45, 2.75) is 161 Å². The van der Waals surface area contributed by atoms with Gasteiger partial charge in [-0.2, -0.15) is 0 Å². The molecule has 5 fully saturated rings. The van der Waals surface area contributed by atoms with Gasteiger partial charge in [0.05, 0.1) is 32.5 Å². The fourth-order valence-corrected chi connectivity index (χ4v) is 9.99. The number of carbonyl (C=O) groups excluding carboxylic acids is 1. The maximum atomic E-state index is 14.6. The van der Waals surface area contributed by atoms with Gasteiger partial charge >= 0.3 is 5.97 Å². The second-order valence-corrected chi connectivity index (χ2v) is 20.7. The number of benzene rings is 3. The lowest BCUT2D eigenvalue weighted by molar-refractivity contribution is -0.388. The van der Waals surface area contributed by atoms with Crippen LogP contribution in [-0.4, -0.2) is 262 Å². The van der Waals surface area contributed by atoms with E-state index >= 15 is 0 Å². The number of aromatic hydroxyl groups is 3. The van der Waals surface area contributed by atoms with E-state index in [0.717, 1.165) is 18.2 Å². The Balaban J connectivity index is 0.990. The van der Waals surface area contributed by atoms with Crippen LogP contribution in [0.3, 0.4) is 0 Å². The molecule has 85 heavy (non-hydrogen) atoms. The number of rotatable bonds is 17. The zero-order chi connectivity index (χ0) is 61.5. The van der Waals surface area contributed by atoms with E-state index in [1.165, 1.54) is 69.5 Å². The van der Waals surface area contributed by atoms with Crippen LogP contribution < -0.4 is 19.6 Å². The van der Waals surface area contributed by atoms with E-state index in [1.807, 2.05) is 0 Å². The molecule has 16 N–H and O–H groups in total. The Hall–Kier alpha value is -5.96. The number of hydrogen-bond donors (Lipinski definition) is 16. The number of methoxy groups -OCH3 is 1. The first-order valence-electron chi connectivity index (χ1n) is 26.5. The molecule has 9 rings (SSSR count). The van der Waals surface area contributed by atoms with Crippen molar-refractivity contribution in [3.05, 3.63) is 76.5 Å². The Morgan fingerprint density at radius 2 is 1.19 bits per heavy atom. The first-order valence-corrected chi connectivity index (χ1v) is 26.5. The molecule has 5 aliphatic rings. The summed E-state index contributed by atoms with van der Waals surface area (Å²) < 4.78 is 74.9. The Labute approximate surface area is 480 Å². The number of esters is 1. The van der Waals surface area contributed by atoms with Gasteiger partial charge < -0.3 is 143 Å². The van der Waals surface area contributed by atoms with Crippen molar-refractivity contribution in [1.29, 1.82) is 0 Å². The summed E-state index contributed by atoms with van der Waals surface area (Å²) in [5.41, 5.74) is -1.13. The van der Waals surface area contributed by atoms with Gasteiger partial charge in [-0.15, -0.1) is 0 Å². The number of fused-ring (bicyclic) bond motifs is 1. The second-order valence-electron chi connectivity index (χ2n) is 20.7. The molecule has 0 aliphatic carbocycles. The molecular weight excluding hydrogens is 1140 g/mol. The van der Waals surface area contributed by atoms with E-state index in [2.05, 4.69) is 0 Å². The van der Waals surface area contributed by atoms with E-state index in [4.69, 9.17) is 61.3 Å². The molecule has 5 aliphatic heterocycles. The molecular formula is C54H66O31. The standard InChI is InChI=1S/C54H66O31/c1-18-33(60)39(66)44(71)51(76-18)81-30-17-75-50(43(70)37(30)64)78-23-8-6-21(7-9-23)46-47(38(65)32-25(58)13-22(56)14-27(32)79-46)83-53-48(41(68)34(61)19(2)77-53)85-54-49(84-52-45(72)40(67)35(62)28(15-55)80-52)42(69)36(63)29(82-54)16-74-31(59)11-5-20-4-10-24(57)26(12-20)73-3/h4-14,18-19,28-30,33-37,39-45,48-58,60-64,66-72H,15-17H2,1-3H3. The Bertz CT molecular complexity index is 3010. The quantitative estimate of drug-likeness (QED) is 0.0349. The van der Waals surface area contributed by atoms with Gasteiger partial charge in [-0.3, -0.25) is 4.79 Å². The Kier molecular flexibility index (Phi) is 19.9. The van der Waals surface area contributed by atoms with Crippen molar-refractivity contribution in [2.75, 3.05) is 26.9 Å². The van der Waals surface area contributed by atoms with Gasteiger partial charge in [0.15, 0.2) is 42.2 Å². The van der Waals surface area contributed by atoms with Crippen LogP contribution in [0.4, 0.5) is 0 Å². The number of aliphatic hydroxyl groups excluding tert-OH is 13. The zero-order valence-electron chi connectivity index (χ0n) is 45.1. The van der Waals surface area contributed by atoms with Crippen molar-refractivity contribution < 1.29 is 148 Å². The summed E-state index contributed by atoms with van der Waals surface area (Å²) in [5, 5.41) is 172. The minimum Gasteiger partial charge on any atom is -0.508 e. The monoisotopic (exact) mass is 1210 g/mol. The van der Waals surface area contributed by atoms with Gasteiger partial charge in [0.2, 0.25) is 23.8 Å². The molecule has 468 valence electrons. The van der Waals surface area contributed by atoms with Crippen LogP contribution in [-0.2, 0) is 47.4 Å². The van der Waals surface area contributed by atoms with E-state index in [-0.39, 0.29) is 28.4 Å². The van der Waals surface area contributed by atoms with E-state index in [9.17, 15) is 91.3 Å². The summed E-state index contributed by atoms with van der Waals surface area (Å²) in [7, 11) is 1.31. The molecule has 31 nitrogen and oxygen atoms in total. The second kappa shape index (κ2) is 26.6. The van der Waals surface area contributed by atoms with Crippen LogP contribution in [0.2, 0.25) is 0 Å². The average molecular weight is 1210 g/mol. The molecule has 6 heterocycles. The highest BCUT2D eigenvalue weighted by molar-refractivity contribution is 5.88. The maximum absolute atomic E-state index is 14.6. The average Bonchev–Trinajstić information content (AvgIpc) is 2.17. The lowest BCUT2D eigenvalue weighted by atomic mass is 9.96. The molecule has 0 spiro atoms. The topological polar surface area (TPSA) is 482 Å².